The number of urea groups is 1. The third kappa shape index (κ3) is 3.55. The van der Waals surface area contributed by atoms with E-state index in [4.69, 9.17) is 9.52 Å². The molecule has 116 valence electrons. The number of aryl methyl sites for hydroxylation is 1. The molecule has 2 heterocycles. The number of likely N-dealkylation sites (N-methyl/N-ethyl adjacent to an activating group) is 1. The maximum Gasteiger partial charge on any atom is 0.339 e. The first-order chi connectivity index (χ1) is 9.88. The van der Waals surface area contributed by atoms with Crippen LogP contribution >= 0.6 is 0 Å². The third-order valence-electron chi connectivity index (χ3n) is 3.86. The van der Waals surface area contributed by atoms with Crippen LogP contribution in [0.25, 0.3) is 0 Å². The molecule has 1 aromatic rings. The van der Waals surface area contributed by atoms with E-state index in [1.165, 1.54) is 6.07 Å². The van der Waals surface area contributed by atoms with E-state index < -0.39 is 5.97 Å². The second kappa shape index (κ2) is 6.17. The van der Waals surface area contributed by atoms with Gasteiger partial charge in [0.1, 0.15) is 17.1 Å². The highest BCUT2D eigenvalue weighted by molar-refractivity contribution is 5.88. The van der Waals surface area contributed by atoms with E-state index in [2.05, 4.69) is 17.1 Å². The van der Waals surface area contributed by atoms with Gasteiger partial charge < -0.3 is 24.6 Å². The fourth-order valence-electron chi connectivity index (χ4n) is 2.35. The summed E-state index contributed by atoms with van der Waals surface area (Å²) in [6, 6.07) is 1.62. The predicted molar refractivity (Wildman–Crippen MR) is 76.3 cm³/mol. The van der Waals surface area contributed by atoms with Crippen molar-refractivity contribution in [2.24, 2.45) is 0 Å². The Kier molecular flexibility index (Phi) is 4.52. The van der Waals surface area contributed by atoms with Crippen LogP contribution in [0.2, 0.25) is 0 Å². The fourth-order valence-corrected chi connectivity index (χ4v) is 2.35. The average Bonchev–Trinajstić information content (AvgIpc) is 2.80. The van der Waals surface area contributed by atoms with Crippen LogP contribution in [0.5, 0.6) is 0 Å². The van der Waals surface area contributed by atoms with E-state index >= 15 is 0 Å². The van der Waals surface area contributed by atoms with Crippen LogP contribution < -0.4 is 5.32 Å². The summed E-state index contributed by atoms with van der Waals surface area (Å²) in [6.07, 6.45) is 0. The van der Waals surface area contributed by atoms with Gasteiger partial charge in [-0.25, -0.2) is 9.59 Å². The maximum atomic E-state index is 12.1. The predicted octanol–water partition coefficient (Wildman–Crippen LogP) is 1.13. The molecule has 1 atom stereocenters. The number of amides is 2. The number of hydrogen-bond acceptors (Lipinski definition) is 4. The van der Waals surface area contributed by atoms with E-state index in [1.54, 1.807) is 11.8 Å². The van der Waals surface area contributed by atoms with E-state index in [9.17, 15) is 9.59 Å². The van der Waals surface area contributed by atoms with E-state index in [1.807, 2.05) is 7.05 Å². The van der Waals surface area contributed by atoms with Gasteiger partial charge in [-0.2, -0.15) is 0 Å². The Morgan fingerprint density at radius 2 is 2.19 bits per heavy atom. The highest BCUT2D eigenvalue weighted by Gasteiger charge is 2.24. The SMILES string of the molecule is Cc1oc(CNC(=O)N2CCN(C)C(C)C2)cc1C(=O)O. The first-order valence-corrected chi connectivity index (χ1v) is 6.94. The standard InChI is InChI=1S/C14H21N3O4/c1-9-8-17(5-4-16(9)3)14(20)15-7-11-6-12(13(18)19)10(2)21-11/h6,9H,4-5,7-8H2,1-3H3,(H,15,20)(H,18,19). The van der Waals surface area contributed by atoms with Crippen LogP contribution in [0.4, 0.5) is 4.79 Å². The highest BCUT2D eigenvalue weighted by Crippen LogP contribution is 2.14. The fraction of sp³-hybridized carbons (Fsp3) is 0.571. The molecule has 21 heavy (non-hydrogen) atoms. The van der Waals surface area contributed by atoms with Gasteiger partial charge in [-0.15, -0.1) is 0 Å². The molecule has 0 bridgehead atoms. The quantitative estimate of drug-likeness (QED) is 0.873. The lowest BCUT2D eigenvalue weighted by Crippen LogP contribution is -2.54. The van der Waals surface area contributed by atoms with Crippen molar-refractivity contribution < 1.29 is 19.1 Å². The molecule has 2 amide bonds. The molecule has 1 fully saturated rings. The number of rotatable bonds is 3. The van der Waals surface area contributed by atoms with Crippen LogP contribution in [0.15, 0.2) is 10.5 Å². The van der Waals surface area contributed by atoms with Gasteiger partial charge in [0.25, 0.3) is 0 Å². The van der Waals surface area contributed by atoms with E-state index in [0.717, 1.165) is 6.54 Å². The Morgan fingerprint density at radius 3 is 2.76 bits per heavy atom. The van der Waals surface area contributed by atoms with Crippen LogP contribution in [-0.2, 0) is 6.54 Å². The van der Waals surface area contributed by atoms with Gasteiger partial charge in [-0.1, -0.05) is 0 Å². The summed E-state index contributed by atoms with van der Waals surface area (Å²) in [7, 11) is 2.04. The molecule has 1 aliphatic rings. The number of hydrogen-bond donors (Lipinski definition) is 2. The zero-order valence-electron chi connectivity index (χ0n) is 12.5. The lowest BCUT2D eigenvalue weighted by molar-refractivity contribution is 0.0695. The van der Waals surface area contributed by atoms with Crippen molar-refractivity contribution in [3.63, 3.8) is 0 Å². The maximum absolute atomic E-state index is 12.1. The van der Waals surface area contributed by atoms with Crippen molar-refractivity contribution in [3.8, 4) is 0 Å². The molecule has 0 saturated carbocycles. The zero-order valence-corrected chi connectivity index (χ0v) is 12.5. The lowest BCUT2D eigenvalue weighted by Gasteiger charge is -2.37. The summed E-state index contributed by atoms with van der Waals surface area (Å²) < 4.78 is 5.33. The minimum atomic E-state index is -1.03. The Balaban J connectivity index is 1.89. The zero-order chi connectivity index (χ0) is 15.6. The van der Waals surface area contributed by atoms with Gasteiger partial charge in [0, 0.05) is 25.7 Å². The number of nitrogens with zero attached hydrogens (tertiary/aromatic N) is 2. The lowest BCUT2D eigenvalue weighted by atomic mass is 10.2. The topological polar surface area (TPSA) is 86.0 Å². The smallest absolute Gasteiger partial charge is 0.339 e. The van der Waals surface area contributed by atoms with E-state index in [0.29, 0.717) is 30.7 Å². The van der Waals surface area contributed by atoms with Crippen molar-refractivity contribution in [2.45, 2.75) is 26.4 Å². The number of piperazine rings is 1. The first-order valence-electron chi connectivity index (χ1n) is 6.94. The summed E-state index contributed by atoms with van der Waals surface area (Å²) in [5.74, 6) is -0.234. The third-order valence-corrected chi connectivity index (χ3v) is 3.86. The summed E-state index contributed by atoms with van der Waals surface area (Å²) in [6.45, 7) is 6.07. The second-order valence-electron chi connectivity index (χ2n) is 5.42. The summed E-state index contributed by atoms with van der Waals surface area (Å²) in [5.41, 5.74) is 0.132. The molecular weight excluding hydrogens is 274 g/mol. The van der Waals surface area contributed by atoms with Crippen LogP contribution in [0.1, 0.15) is 28.8 Å². The van der Waals surface area contributed by atoms with Gasteiger partial charge >= 0.3 is 12.0 Å². The van der Waals surface area contributed by atoms with Crippen LogP contribution in [0, 0.1) is 6.92 Å². The molecule has 1 aliphatic heterocycles. The van der Waals surface area contributed by atoms with Crippen LogP contribution in [0.3, 0.4) is 0 Å². The summed E-state index contributed by atoms with van der Waals surface area (Å²) >= 11 is 0. The van der Waals surface area contributed by atoms with Gasteiger partial charge in [0.05, 0.1) is 6.54 Å². The summed E-state index contributed by atoms with van der Waals surface area (Å²) in [5, 5.41) is 11.7. The number of carboxylic acid groups (broad SMARTS) is 1. The number of nitrogens with one attached hydrogen (secondary N) is 1. The minimum Gasteiger partial charge on any atom is -0.478 e. The van der Waals surface area contributed by atoms with Crippen molar-refractivity contribution in [1.29, 1.82) is 0 Å². The van der Waals surface area contributed by atoms with E-state index in [-0.39, 0.29) is 18.1 Å². The largest absolute Gasteiger partial charge is 0.478 e. The molecule has 7 nitrogen and oxygen atoms in total. The molecule has 2 rings (SSSR count). The molecule has 0 aromatic carbocycles. The molecule has 0 radical (unpaired) electrons. The number of carbonyl (C=O) groups excluding carboxylic acids is 1. The van der Waals surface area contributed by atoms with Crippen molar-refractivity contribution in [3.05, 3.63) is 23.2 Å². The van der Waals surface area contributed by atoms with Gasteiger partial charge in [-0.3, -0.25) is 0 Å². The van der Waals surface area contributed by atoms with Crippen LogP contribution in [-0.4, -0.2) is 59.6 Å². The van der Waals surface area contributed by atoms with Gasteiger partial charge in [0.15, 0.2) is 0 Å². The number of furan rings is 1. The Hall–Kier alpha value is -2.02. The normalized spacial score (nSPS) is 19.6. The molecule has 7 heteroatoms. The number of carbonyl (C=O) groups is 2. The average molecular weight is 295 g/mol. The number of aromatic carboxylic acids is 1. The van der Waals surface area contributed by atoms with Gasteiger partial charge in [-0.05, 0) is 27.0 Å². The monoisotopic (exact) mass is 295 g/mol. The Labute approximate surface area is 123 Å². The molecule has 1 saturated heterocycles. The number of carboxylic acids is 1. The van der Waals surface area contributed by atoms with Crippen molar-refractivity contribution in [1.82, 2.24) is 15.1 Å². The first kappa shape index (κ1) is 15.4. The minimum absolute atomic E-state index is 0.132. The molecule has 1 aromatic heterocycles. The molecule has 2 N–H and O–H groups in total. The Morgan fingerprint density at radius 1 is 1.48 bits per heavy atom. The van der Waals surface area contributed by atoms with Crippen molar-refractivity contribution in [2.75, 3.05) is 26.7 Å². The molecule has 1 unspecified atom stereocenters. The molecule has 0 spiro atoms. The summed E-state index contributed by atoms with van der Waals surface area (Å²) in [4.78, 5) is 27.0. The molecule has 0 aliphatic carbocycles. The second-order valence-corrected chi connectivity index (χ2v) is 5.42. The van der Waals surface area contributed by atoms with Crippen molar-refractivity contribution >= 4 is 12.0 Å². The Bertz CT molecular complexity index is 540. The molecular formula is C14H21N3O4. The highest BCUT2D eigenvalue weighted by atomic mass is 16.4. The van der Waals surface area contributed by atoms with Gasteiger partial charge in [0.2, 0.25) is 0 Å².